The Morgan fingerprint density at radius 2 is 2.00 bits per heavy atom. The van der Waals surface area contributed by atoms with Crippen LogP contribution in [0, 0.1) is 23.0 Å². The number of amides is 2. The Labute approximate surface area is 187 Å². The van der Waals surface area contributed by atoms with Gasteiger partial charge in [-0.3, -0.25) is 24.5 Å². The van der Waals surface area contributed by atoms with Gasteiger partial charge in [0.2, 0.25) is 5.91 Å². The highest BCUT2D eigenvalue weighted by atomic mass is 35.5. The summed E-state index contributed by atoms with van der Waals surface area (Å²) >= 11 is 12.1. The van der Waals surface area contributed by atoms with Gasteiger partial charge in [-0.2, -0.15) is 0 Å². The summed E-state index contributed by atoms with van der Waals surface area (Å²) in [4.78, 5) is 48.5. The molecule has 0 unspecified atom stereocenters. The number of ether oxygens (including phenoxy) is 1. The molecule has 1 heterocycles. The molecule has 0 aliphatic carbocycles. The SMILES string of the molecule is Cc1ccc(NC(=O)COC(=O)[C@H]2CC(=O)N(c3cc(Cl)ccc3Cl)C2)cc1[N+](=O)[O-]. The van der Waals surface area contributed by atoms with E-state index in [9.17, 15) is 24.5 Å². The standard InChI is InChI=1S/C20H17Cl2N3O6/c1-11-2-4-14(8-16(11)25(29)30)23-18(26)10-31-20(28)12-6-19(27)24(9-12)17-7-13(21)3-5-15(17)22/h2-5,7-8,12H,6,9-10H2,1H3,(H,23,26)/t12-/m0/s1. The summed E-state index contributed by atoms with van der Waals surface area (Å²) < 4.78 is 5.03. The molecule has 1 saturated heterocycles. The van der Waals surface area contributed by atoms with Crippen LogP contribution in [0.1, 0.15) is 12.0 Å². The molecule has 1 aliphatic rings. The maximum atomic E-state index is 12.3. The third-order valence-corrected chi connectivity index (χ3v) is 5.25. The van der Waals surface area contributed by atoms with Crippen molar-refractivity contribution in [3.63, 3.8) is 0 Å². The lowest BCUT2D eigenvalue weighted by atomic mass is 10.1. The zero-order valence-corrected chi connectivity index (χ0v) is 17.8. The summed E-state index contributed by atoms with van der Waals surface area (Å²) in [5.74, 6) is -2.46. The molecule has 162 valence electrons. The fraction of sp³-hybridized carbons (Fsp3) is 0.250. The maximum absolute atomic E-state index is 12.3. The molecule has 3 rings (SSSR count). The molecule has 0 spiro atoms. The largest absolute Gasteiger partial charge is 0.455 e. The molecular formula is C20H17Cl2N3O6. The lowest BCUT2D eigenvalue weighted by Crippen LogP contribution is -2.28. The quantitative estimate of drug-likeness (QED) is 0.394. The number of hydrogen-bond donors (Lipinski definition) is 1. The van der Waals surface area contributed by atoms with Crippen LogP contribution in [0.4, 0.5) is 17.1 Å². The molecule has 0 aromatic heterocycles. The van der Waals surface area contributed by atoms with Crippen LogP contribution in [-0.4, -0.2) is 35.9 Å². The van der Waals surface area contributed by atoms with E-state index >= 15 is 0 Å². The van der Waals surface area contributed by atoms with E-state index in [2.05, 4.69) is 5.32 Å². The zero-order chi connectivity index (χ0) is 22.7. The fourth-order valence-corrected chi connectivity index (χ4v) is 3.51. The van der Waals surface area contributed by atoms with Crippen LogP contribution in [-0.2, 0) is 19.1 Å². The van der Waals surface area contributed by atoms with Crippen molar-refractivity contribution in [1.29, 1.82) is 0 Å². The molecule has 2 aromatic carbocycles. The van der Waals surface area contributed by atoms with Crippen LogP contribution >= 0.6 is 23.2 Å². The lowest BCUT2D eigenvalue weighted by Gasteiger charge is -2.18. The van der Waals surface area contributed by atoms with Crippen molar-refractivity contribution in [2.45, 2.75) is 13.3 Å². The van der Waals surface area contributed by atoms with Crippen molar-refractivity contribution < 1.29 is 24.0 Å². The van der Waals surface area contributed by atoms with E-state index in [1.54, 1.807) is 19.1 Å². The summed E-state index contributed by atoms with van der Waals surface area (Å²) in [5, 5.41) is 14.1. The van der Waals surface area contributed by atoms with Crippen LogP contribution < -0.4 is 10.2 Å². The van der Waals surface area contributed by atoms with Gasteiger partial charge in [0.05, 0.1) is 21.6 Å². The first-order valence-corrected chi connectivity index (χ1v) is 9.88. The number of nitro groups is 1. The number of aryl methyl sites for hydroxylation is 1. The number of carbonyl (C=O) groups is 3. The molecule has 2 aromatic rings. The molecule has 0 bridgehead atoms. The summed E-state index contributed by atoms with van der Waals surface area (Å²) in [5.41, 5.74) is 0.910. The summed E-state index contributed by atoms with van der Waals surface area (Å²) in [7, 11) is 0. The van der Waals surface area contributed by atoms with Crippen LogP contribution in [0.15, 0.2) is 36.4 Å². The Morgan fingerprint density at radius 3 is 2.71 bits per heavy atom. The van der Waals surface area contributed by atoms with E-state index < -0.39 is 29.3 Å². The van der Waals surface area contributed by atoms with Crippen LogP contribution in [0.2, 0.25) is 10.0 Å². The van der Waals surface area contributed by atoms with E-state index in [1.165, 1.54) is 29.2 Å². The number of carbonyl (C=O) groups excluding carboxylic acids is 3. The Kier molecular flexibility index (Phi) is 6.77. The monoisotopic (exact) mass is 465 g/mol. The Hall–Kier alpha value is -3.17. The van der Waals surface area contributed by atoms with Gasteiger partial charge in [-0.15, -0.1) is 0 Å². The number of anilines is 2. The molecule has 11 heteroatoms. The van der Waals surface area contributed by atoms with Crippen LogP contribution in [0.25, 0.3) is 0 Å². The number of esters is 1. The second-order valence-corrected chi connectivity index (χ2v) is 7.76. The normalized spacial score (nSPS) is 15.6. The van der Waals surface area contributed by atoms with Gasteiger partial charge in [-0.25, -0.2) is 0 Å². The molecule has 1 fully saturated rings. The third kappa shape index (κ3) is 5.31. The Balaban J connectivity index is 1.57. The first-order valence-electron chi connectivity index (χ1n) is 9.12. The summed E-state index contributed by atoms with van der Waals surface area (Å²) in [6.07, 6.45) is -0.0898. The highest BCUT2D eigenvalue weighted by molar-refractivity contribution is 6.35. The second-order valence-electron chi connectivity index (χ2n) is 6.92. The maximum Gasteiger partial charge on any atom is 0.311 e. The smallest absolute Gasteiger partial charge is 0.311 e. The molecule has 9 nitrogen and oxygen atoms in total. The number of nitro benzene ring substituents is 1. The minimum atomic E-state index is -0.768. The van der Waals surface area contributed by atoms with E-state index in [0.717, 1.165) is 0 Å². The minimum Gasteiger partial charge on any atom is -0.455 e. The van der Waals surface area contributed by atoms with Gasteiger partial charge in [0.25, 0.3) is 11.6 Å². The first-order chi connectivity index (χ1) is 14.7. The van der Waals surface area contributed by atoms with Crippen molar-refractivity contribution in [3.8, 4) is 0 Å². The first kappa shape index (κ1) is 22.5. The third-order valence-electron chi connectivity index (χ3n) is 4.69. The molecule has 0 saturated carbocycles. The van der Waals surface area contributed by atoms with Gasteiger partial charge in [-0.05, 0) is 31.2 Å². The van der Waals surface area contributed by atoms with Gasteiger partial charge in [0.15, 0.2) is 6.61 Å². The second kappa shape index (κ2) is 9.32. The Bertz CT molecular complexity index is 1070. The highest BCUT2D eigenvalue weighted by Gasteiger charge is 2.37. The highest BCUT2D eigenvalue weighted by Crippen LogP contribution is 2.33. The van der Waals surface area contributed by atoms with Crippen molar-refractivity contribution in [2.24, 2.45) is 5.92 Å². The number of nitrogens with one attached hydrogen (secondary N) is 1. The van der Waals surface area contributed by atoms with Gasteiger partial charge in [0.1, 0.15) is 0 Å². The topological polar surface area (TPSA) is 119 Å². The van der Waals surface area contributed by atoms with E-state index in [0.29, 0.717) is 21.3 Å². The Morgan fingerprint density at radius 1 is 1.26 bits per heavy atom. The summed E-state index contributed by atoms with van der Waals surface area (Å²) in [6, 6.07) is 8.89. The fourth-order valence-electron chi connectivity index (χ4n) is 3.13. The molecule has 2 amide bonds. The number of hydrogen-bond acceptors (Lipinski definition) is 6. The average molecular weight is 466 g/mol. The molecule has 1 N–H and O–H groups in total. The van der Waals surface area contributed by atoms with Crippen LogP contribution in [0.3, 0.4) is 0 Å². The number of benzene rings is 2. The molecule has 1 atom stereocenters. The van der Waals surface area contributed by atoms with Crippen molar-refractivity contribution >= 4 is 58.0 Å². The predicted octanol–water partition coefficient (Wildman–Crippen LogP) is 3.74. The van der Waals surface area contributed by atoms with Crippen molar-refractivity contribution in [2.75, 3.05) is 23.4 Å². The summed E-state index contributed by atoms with van der Waals surface area (Å²) in [6.45, 7) is 1.03. The van der Waals surface area contributed by atoms with E-state index in [4.69, 9.17) is 27.9 Å². The van der Waals surface area contributed by atoms with Crippen molar-refractivity contribution in [1.82, 2.24) is 0 Å². The zero-order valence-electron chi connectivity index (χ0n) is 16.3. The van der Waals surface area contributed by atoms with Gasteiger partial charge >= 0.3 is 5.97 Å². The molecule has 0 radical (unpaired) electrons. The predicted molar refractivity (Wildman–Crippen MR) is 114 cm³/mol. The van der Waals surface area contributed by atoms with Gasteiger partial charge in [0, 0.05) is 35.3 Å². The van der Waals surface area contributed by atoms with Crippen LogP contribution in [0.5, 0.6) is 0 Å². The van der Waals surface area contributed by atoms with E-state index in [1.807, 2.05) is 0 Å². The molecular weight excluding hydrogens is 449 g/mol. The number of rotatable bonds is 6. The number of nitrogens with zero attached hydrogens (tertiary/aromatic N) is 2. The molecule has 1 aliphatic heterocycles. The van der Waals surface area contributed by atoms with E-state index in [-0.39, 0.29) is 30.2 Å². The van der Waals surface area contributed by atoms with Gasteiger partial charge < -0.3 is 15.0 Å². The van der Waals surface area contributed by atoms with Gasteiger partial charge in [-0.1, -0.05) is 29.3 Å². The van der Waals surface area contributed by atoms with Crippen molar-refractivity contribution in [3.05, 3.63) is 62.1 Å². The lowest BCUT2D eigenvalue weighted by molar-refractivity contribution is -0.385. The average Bonchev–Trinajstić information content (AvgIpc) is 3.10. The molecule has 31 heavy (non-hydrogen) atoms. The minimum absolute atomic E-state index is 0.0451. The number of halogens is 2.